The van der Waals surface area contributed by atoms with E-state index < -0.39 is 10.7 Å². The van der Waals surface area contributed by atoms with Crippen molar-refractivity contribution in [2.24, 2.45) is 0 Å². The maximum atomic E-state index is 13.6. The average molecular weight is 325 g/mol. The van der Waals surface area contributed by atoms with Crippen molar-refractivity contribution in [2.45, 2.75) is 13.0 Å². The molecule has 116 valence electrons. The van der Waals surface area contributed by atoms with Crippen molar-refractivity contribution in [3.63, 3.8) is 0 Å². The summed E-state index contributed by atoms with van der Waals surface area (Å²) in [5, 5.41) is 23.3. The van der Waals surface area contributed by atoms with Gasteiger partial charge in [0, 0.05) is 23.2 Å². The van der Waals surface area contributed by atoms with Crippen LogP contribution in [-0.2, 0) is 13.0 Å². The maximum absolute atomic E-state index is 13.6. The van der Waals surface area contributed by atoms with Crippen LogP contribution >= 0.6 is 11.6 Å². The van der Waals surface area contributed by atoms with Gasteiger partial charge >= 0.3 is 0 Å². The lowest BCUT2D eigenvalue weighted by molar-refractivity contribution is -0.384. The standard InChI is InChI=1S/C15H14ClFN2O3/c16-12-2-1-3-13(17)11(12)6-7-18-14-8-10(9-20)4-5-15(14)19(21)22/h1-5,8,18,20H,6-7,9H2. The molecular weight excluding hydrogens is 311 g/mol. The number of aliphatic hydroxyl groups is 1. The van der Waals surface area contributed by atoms with E-state index in [1.807, 2.05) is 0 Å². The van der Waals surface area contributed by atoms with Crippen molar-refractivity contribution >= 4 is 23.0 Å². The summed E-state index contributed by atoms with van der Waals surface area (Å²) in [4.78, 5) is 10.5. The zero-order chi connectivity index (χ0) is 16.1. The summed E-state index contributed by atoms with van der Waals surface area (Å²) in [5.74, 6) is -0.409. The first-order valence-electron chi connectivity index (χ1n) is 6.58. The molecule has 0 aliphatic heterocycles. The Labute approximate surface area is 131 Å². The number of anilines is 1. The van der Waals surface area contributed by atoms with Gasteiger partial charge in [-0.05, 0) is 36.2 Å². The van der Waals surface area contributed by atoms with Crippen molar-refractivity contribution in [1.82, 2.24) is 0 Å². The molecule has 2 N–H and O–H groups in total. The highest BCUT2D eigenvalue weighted by molar-refractivity contribution is 6.31. The number of rotatable bonds is 6. The van der Waals surface area contributed by atoms with Crippen LogP contribution in [-0.4, -0.2) is 16.6 Å². The molecule has 0 unspecified atom stereocenters. The van der Waals surface area contributed by atoms with Crippen molar-refractivity contribution in [3.8, 4) is 0 Å². The topological polar surface area (TPSA) is 75.4 Å². The summed E-state index contributed by atoms with van der Waals surface area (Å²) in [5.41, 5.74) is 1.09. The van der Waals surface area contributed by atoms with Crippen LogP contribution in [0.25, 0.3) is 0 Å². The number of aliphatic hydroxyl groups excluding tert-OH is 1. The molecule has 2 aromatic carbocycles. The summed E-state index contributed by atoms with van der Waals surface area (Å²) in [6.07, 6.45) is 0.284. The van der Waals surface area contributed by atoms with Gasteiger partial charge in [0.05, 0.1) is 11.5 Å². The SMILES string of the molecule is O=[N+]([O-])c1ccc(CO)cc1NCCc1c(F)cccc1Cl. The van der Waals surface area contributed by atoms with Crippen molar-refractivity contribution in [1.29, 1.82) is 0 Å². The molecule has 5 nitrogen and oxygen atoms in total. The third-order valence-electron chi connectivity index (χ3n) is 3.19. The van der Waals surface area contributed by atoms with Crippen molar-refractivity contribution in [2.75, 3.05) is 11.9 Å². The van der Waals surface area contributed by atoms with Gasteiger partial charge in [0.15, 0.2) is 0 Å². The van der Waals surface area contributed by atoms with Gasteiger partial charge in [0.25, 0.3) is 5.69 Å². The summed E-state index contributed by atoms with van der Waals surface area (Å²) in [7, 11) is 0. The van der Waals surface area contributed by atoms with E-state index in [9.17, 15) is 14.5 Å². The molecule has 7 heteroatoms. The fraction of sp³-hybridized carbons (Fsp3) is 0.200. The van der Waals surface area contributed by atoms with Crippen LogP contribution in [0.15, 0.2) is 36.4 Å². The van der Waals surface area contributed by atoms with Crippen molar-refractivity contribution < 1.29 is 14.4 Å². The highest BCUT2D eigenvalue weighted by Crippen LogP contribution is 2.26. The van der Waals surface area contributed by atoms with E-state index in [1.54, 1.807) is 6.07 Å². The molecule has 0 saturated heterocycles. The third-order valence-corrected chi connectivity index (χ3v) is 3.55. The Hall–Kier alpha value is -2.18. The Morgan fingerprint density at radius 3 is 2.73 bits per heavy atom. The number of hydrogen-bond acceptors (Lipinski definition) is 4. The lowest BCUT2D eigenvalue weighted by Gasteiger charge is -2.10. The van der Waals surface area contributed by atoms with Crippen LogP contribution < -0.4 is 5.32 Å². The fourth-order valence-corrected chi connectivity index (χ4v) is 2.33. The lowest BCUT2D eigenvalue weighted by Crippen LogP contribution is -2.08. The van der Waals surface area contributed by atoms with Gasteiger partial charge in [-0.1, -0.05) is 17.7 Å². The Kier molecular flexibility index (Phi) is 5.30. The van der Waals surface area contributed by atoms with Gasteiger partial charge < -0.3 is 10.4 Å². The number of hydrogen-bond donors (Lipinski definition) is 2. The second-order valence-electron chi connectivity index (χ2n) is 4.64. The van der Waals surface area contributed by atoms with Gasteiger partial charge in [0.2, 0.25) is 0 Å². The third kappa shape index (κ3) is 3.72. The number of halogens is 2. The monoisotopic (exact) mass is 324 g/mol. The number of nitro groups is 1. The molecule has 2 rings (SSSR count). The quantitative estimate of drug-likeness (QED) is 0.629. The molecule has 0 bridgehead atoms. The predicted octanol–water partition coefficient (Wildman–Crippen LogP) is 3.53. The Bertz CT molecular complexity index is 674. The summed E-state index contributed by atoms with van der Waals surface area (Å²) in [6, 6.07) is 8.73. The van der Waals surface area contributed by atoms with Crippen LogP contribution in [0.2, 0.25) is 5.02 Å². The first kappa shape index (κ1) is 16.2. The Morgan fingerprint density at radius 1 is 1.32 bits per heavy atom. The van der Waals surface area contributed by atoms with Gasteiger partial charge in [-0.3, -0.25) is 10.1 Å². The van der Waals surface area contributed by atoms with Crippen LogP contribution in [0.3, 0.4) is 0 Å². The maximum Gasteiger partial charge on any atom is 0.292 e. The van der Waals surface area contributed by atoms with E-state index in [0.717, 1.165) is 0 Å². The molecule has 0 aromatic heterocycles. The first-order valence-corrected chi connectivity index (χ1v) is 6.95. The number of nitro benzene ring substituents is 1. The van der Waals surface area contributed by atoms with E-state index in [1.165, 1.54) is 30.3 Å². The summed E-state index contributed by atoms with van der Waals surface area (Å²) >= 11 is 5.93. The minimum absolute atomic E-state index is 0.100. The molecule has 0 atom stereocenters. The molecule has 22 heavy (non-hydrogen) atoms. The van der Waals surface area contributed by atoms with E-state index in [4.69, 9.17) is 16.7 Å². The molecule has 0 heterocycles. The average Bonchev–Trinajstić information content (AvgIpc) is 2.49. The highest BCUT2D eigenvalue weighted by Gasteiger charge is 2.14. The number of nitrogens with one attached hydrogen (secondary N) is 1. The molecule has 0 fully saturated rings. The molecular formula is C15H14ClFN2O3. The van der Waals surface area contributed by atoms with Crippen LogP contribution in [0, 0.1) is 15.9 Å². The van der Waals surface area contributed by atoms with Gasteiger partial charge in [-0.25, -0.2) is 4.39 Å². The summed E-state index contributed by atoms with van der Waals surface area (Å²) < 4.78 is 13.6. The Balaban J connectivity index is 2.12. The second kappa shape index (κ2) is 7.20. The van der Waals surface area contributed by atoms with E-state index in [-0.39, 0.29) is 30.9 Å². The Morgan fingerprint density at radius 2 is 2.09 bits per heavy atom. The van der Waals surface area contributed by atoms with Crippen molar-refractivity contribution in [3.05, 3.63) is 68.5 Å². The fourth-order valence-electron chi connectivity index (χ4n) is 2.08. The predicted molar refractivity (Wildman–Crippen MR) is 82.6 cm³/mol. The zero-order valence-corrected chi connectivity index (χ0v) is 12.3. The van der Waals surface area contributed by atoms with Crippen LogP contribution in [0.4, 0.5) is 15.8 Å². The molecule has 0 saturated carbocycles. The summed E-state index contributed by atoms with van der Waals surface area (Å²) in [6.45, 7) is 0.0577. The van der Waals surface area contributed by atoms with Gasteiger partial charge in [-0.2, -0.15) is 0 Å². The largest absolute Gasteiger partial charge is 0.392 e. The highest BCUT2D eigenvalue weighted by atomic mass is 35.5. The van der Waals surface area contributed by atoms with Crippen LogP contribution in [0.1, 0.15) is 11.1 Å². The molecule has 2 aromatic rings. The number of benzene rings is 2. The molecule has 0 amide bonds. The van der Waals surface area contributed by atoms with E-state index >= 15 is 0 Å². The molecule has 0 aliphatic carbocycles. The second-order valence-corrected chi connectivity index (χ2v) is 5.05. The first-order chi connectivity index (χ1) is 10.5. The molecule has 0 radical (unpaired) electrons. The van der Waals surface area contributed by atoms with E-state index in [0.29, 0.717) is 16.1 Å². The zero-order valence-electron chi connectivity index (χ0n) is 11.6. The molecule has 0 aliphatic rings. The van der Waals surface area contributed by atoms with E-state index in [2.05, 4.69) is 5.32 Å². The van der Waals surface area contributed by atoms with Crippen LogP contribution in [0.5, 0.6) is 0 Å². The number of nitrogens with zero attached hydrogens (tertiary/aromatic N) is 1. The smallest absolute Gasteiger partial charge is 0.292 e. The van der Waals surface area contributed by atoms with Gasteiger partial charge in [-0.15, -0.1) is 0 Å². The lowest BCUT2D eigenvalue weighted by atomic mass is 10.1. The van der Waals surface area contributed by atoms with Gasteiger partial charge in [0.1, 0.15) is 11.5 Å². The molecule has 0 spiro atoms. The minimum Gasteiger partial charge on any atom is -0.392 e. The normalized spacial score (nSPS) is 10.5. The minimum atomic E-state index is -0.514.